The lowest BCUT2D eigenvalue weighted by atomic mass is 9.90. The van der Waals surface area contributed by atoms with Crippen LogP contribution in [-0.4, -0.2) is 41.3 Å². The second-order valence-electron chi connectivity index (χ2n) is 4.20. The minimum Gasteiger partial charge on any atom is -0.495 e. The summed E-state index contributed by atoms with van der Waals surface area (Å²) in [7, 11) is 1.62. The Balaban J connectivity index is 2.02. The SMILES string of the molecule is COc1cncc(C2CCN(C(=O)O)CC2)c1. The van der Waals surface area contributed by atoms with E-state index in [1.807, 2.05) is 12.3 Å². The van der Waals surface area contributed by atoms with E-state index in [1.165, 1.54) is 4.90 Å². The third-order valence-electron chi connectivity index (χ3n) is 3.21. The van der Waals surface area contributed by atoms with Crippen molar-refractivity contribution >= 4 is 6.09 Å². The van der Waals surface area contributed by atoms with Gasteiger partial charge in [-0.1, -0.05) is 0 Å². The quantitative estimate of drug-likeness (QED) is 0.852. The molecule has 0 aliphatic carbocycles. The first-order chi connectivity index (χ1) is 8.20. The average molecular weight is 236 g/mol. The number of hydrogen-bond acceptors (Lipinski definition) is 3. The number of amides is 1. The molecule has 1 fully saturated rings. The highest BCUT2D eigenvalue weighted by molar-refractivity contribution is 5.65. The van der Waals surface area contributed by atoms with E-state index >= 15 is 0 Å². The summed E-state index contributed by atoms with van der Waals surface area (Å²) in [6, 6.07) is 1.98. The molecular weight excluding hydrogens is 220 g/mol. The van der Waals surface area contributed by atoms with Crippen molar-refractivity contribution in [2.24, 2.45) is 0 Å². The van der Waals surface area contributed by atoms with E-state index in [0.29, 0.717) is 19.0 Å². The van der Waals surface area contributed by atoms with Crippen LogP contribution < -0.4 is 4.74 Å². The number of nitrogens with zero attached hydrogens (tertiary/aromatic N) is 2. The van der Waals surface area contributed by atoms with Crippen LogP contribution in [0.15, 0.2) is 18.5 Å². The van der Waals surface area contributed by atoms with Crippen molar-refractivity contribution in [3.8, 4) is 5.75 Å². The fourth-order valence-corrected chi connectivity index (χ4v) is 2.17. The molecule has 1 aliphatic rings. The fraction of sp³-hybridized carbons (Fsp3) is 0.500. The van der Waals surface area contributed by atoms with Crippen LogP contribution in [0.25, 0.3) is 0 Å². The fourth-order valence-electron chi connectivity index (χ4n) is 2.17. The van der Waals surface area contributed by atoms with Gasteiger partial charge in [-0.25, -0.2) is 4.79 Å². The van der Waals surface area contributed by atoms with Crippen molar-refractivity contribution in [1.82, 2.24) is 9.88 Å². The second kappa shape index (κ2) is 5.03. The maximum absolute atomic E-state index is 10.8. The smallest absolute Gasteiger partial charge is 0.407 e. The van der Waals surface area contributed by atoms with Gasteiger partial charge < -0.3 is 14.7 Å². The number of carbonyl (C=O) groups is 1. The lowest BCUT2D eigenvalue weighted by Gasteiger charge is -2.30. The van der Waals surface area contributed by atoms with E-state index in [9.17, 15) is 4.79 Å². The zero-order valence-electron chi connectivity index (χ0n) is 9.80. The van der Waals surface area contributed by atoms with Crippen LogP contribution in [0.2, 0.25) is 0 Å². The largest absolute Gasteiger partial charge is 0.495 e. The Bertz CT molecular complexity index is 400. The number of hydrogen-bond donors (Lipinski definition) is 1. The Morgan fingerprint density at radius 3 is 2.76 bits per heavy atom. The number of likely N-dealkylation sites (tertiary alicyclic amines) is 1. The molecular formula is C12H16N2O3. The van der Waals surface area contributed by atoms with Crippen molar-refractivity contribution in [2.75, 3.05) is 20.2 Å². The second-order valence-corrected chi connectivity index (χ2v) is 4.20. The van der Waals surface area contributed by atoms with Crippen LogP contribution >= 0.6 is 0 Å². The summed E-state index contributed by atoms with van der Waals surface area (Å²) >= 11 is 0. The molecule has 17 heavy (non-hydrogen) atoms. The molecule has 0 bridgehead atoms. The monoisotopic (exact) mass is 236 g/mol. The summed E-state index contributed by atoms with van der Waals surface area (Å²) in [5.41, 5.74) is 1.13. The first-order valence-corrected chi connectivity index (χ1v) is 5.67. The number of piperidine rings is 1. The van der Waals surface area contributed by atoms with Gasteiger partial charge in [-0.15, -0.1) is 0 Å². The van der Waals surface area contributed by atoms with Crippen molar-refractivity contribution in [3.63, 3.8) is 0 Å². The summed E-state index contributed by atoms with van der Waals surface area (Å²) in [6.45, 7) is 1.19. The maximum Gasteiger partial charge on any atom is 0.407 e. The highest BCUT2D eigenvalue weighted by Crippen LogP contribution is 2.29. The zero-order valence-corrected chi connectivity index (χ0v) is 9.80. The molecule has 0 atom stereocenters. The van der Waals surface area contributed by atoms with Crippen molar-refractivity contribution in [1.29, 1.82) is 0 Å². The number of methoxy groups -OCH3 is 1. The Hall–Kier alpha value is -1.78. The molecule has 5 nitrogen and oxygen atoms in total. The number of aromatic nitrogens is 1. The van der Waals surface area contributed by atoms with Gasteiger partial charge in [-0.05, 0) is 30.4 Å². The van der Waals surface area contributed by atoms with Gasteiger partial charge in [0.05, 0.1) is 13.3 Å². The molecule has 0 aromatic carbocycles. The number of carboxylic acid groups (broad SMARTS) is 1. The topological polar surface area (TPSA) is 62.7 Å². The van der Waals surface area contributed by atoms with E-state index in [-0.39, 0.29) is 0 Å². The van der Waals surface area contributed by atoms with Crippen LogP contribution in [0, 0.1) is 0 Å². The van der Waals surface area contributed by atoms with E-state index in [2.05, 4.69) is 4.98 Å². The van der Waals surface area contributed by atoms with Crippen LogP contribution in [-0.2, 0) is 0 Å². The van der Waals surface area contributed by atoms with Crippen molar-refractivity contribution in [3.05, 3.63) is 24.0 Å². The number of ether oxygens (including phenoxy) is 1. The molecule has 2 rings (SSSR count). The van der Waals surface area contributed by atoms with E-state index in [1.54, 1.807) is 13.3 Å². The van der Waals surface area contributed by atoms with Crippen LogP contribution in [0.4, 0.5) is 4.79 Å². The molecule has 0 radical (unpaired) electrons. The Morgan fingerprint density at radius 1 is 1.47 bits per heavy atom. The standard InChI is InChI=1S/C12H16N2O3/c1-17-11-6-10(7-13-8-11)9-2-4-14(5-3-9)12(15)16/h6-9H,2-5H2,1H3,(H,15,16). The molecule has 92 valence electrons. The van der Waals surface area contributed by atoms with Crippen molar-refractivity contribution < 1.29 is 14.6 Å². The predicted octanol–water partition coefficient (Wildman–Crippen LogP) is 1.95. The minimum absolute atomic E-state index is 0.383. The third kappa shape index (κ3) is 2.67. The first kappa shape index (κ1) is 11.7. The highest BCUT2D eigenvalue weighted by atomic mass is 16.5. The average Bonchev–Trinajstić information content (AvgIpc) is 2.39. The van der Waals surface area contributed by atoms with Crippen molar-refractivity contribution in [2.45, 2.75) is 18.8 Å². The highest BCUT2D eigenvalue weighted by Gasteiger charge is 2.23. The first-order valence-electron chi connectivity index (χ1n) is 5.67. The zero-order chi connectivity index (χ0) is 12.3. The summed E-state index contributed by atoms with van der Waals surface area (Å²) in [5, 5.41) is 8.87. The van der Waals surface area contributed by atoms with Gasteiger partial charge in [-0.2, -0.15) is 0 Å². The van der Waals surface area contributed by atoms with Crippen LogP contribution in [0.5, 0.6) is 5.75 Å². The molecule has 0 unspecified atom stereocenters. The van der Waals surface area contributed by atoms with E-state index in [4.69, 9.17) is 9.84 Å². The van der Waals surface area contributed by atoms with Gasteiger partial charge in [0.1, 0.15) is 5.75 Å². The molecule has 1 amide bonds. The molecule has 0 spiro atoms. The lowest BCUT2D eigenvalue weighted by Crippen LogP contribution is -2.36. The minimum atomic E-state index is -0.827. The normalized spacial score (nSPS) is 16.9. The summed E-state index contributed by atoms with van der Waals surface area (Å²) in [6.07, 6.45) is 4.38. The molecule has 0 saturated carbocycles. The molecule has 1 saturated heterocycles. The Kier molecular flexibility index (Phi) is 3.46. The maximum atomic E-state index is 10.8. The molecule has 1 aromatic rings. The predicted molar refractivity (Wildman–Crippen MR) is 62.4 cm³/mol. The summed E-state index contributed by atoms with van der Waals surface area (Å²) in [5.74, 6) is 1.14. The molecule has 5 heteroatoms. The van der Waals surface area contributed by atoms with Gasteiger partial charge in [0.2, 0.25) is 0 Å². The van der Waals surface area contributed by atoms with Gasteiger partial charge in [-0.3, -0.25) is 4.98 Å². The number of rotatable bonds is 2. The van der Waals surface area contributed by atoms with E-state index < -0.39 is 6.09 Å². The van der Waals surface area contributed by atoms with Crippen LogP contribution in [0.1, 0.15) is 24.3 Å². The van der Waals surface area contributed by atoms with Gasteiger partial charge in [0.25, 0.3) is 0 Å². The lowest BCUT2D eigenvalue weighted by molar-refractivity contribution is 0.132. The summed E-state index contributed by atoms with van der Waals surface area (Å²) < 4.78 is 5.14. The van der Waals surface area contributed by atoms with Gasteiger partial charge in [0, 0.05) is 19.3 Å². The third-order valence-corrected chi connectivity index (χ3v) is 3.21. The Morgan fingerprint density at radius 2 is 2.18 bits per heavy atom. The van der Waals surface area contributed by atoms with Gasteiger partial charge >= 0.3 is 6.09 Å². The van der Waals surface area contributed by atoms with E-state index in [0.717, 1.165) is 24.2 Å². The Labute approximate surface area is 100 Å². The summed E-state index contributed by atoms with van der Waals surface area (Å²) in [4.78, 5) is 16.4. The number of pyridine rings is 1. The molecule has 1 aliphatic heterocycles. The molecule has 1 aromatic heterocycles. The molecule has 1 N–H and O–H groups in total. The van der Waals surface area contributed by atoms with Crippen LogP contribution in [0.3, 0.4) is 0 Å². The molecule has 2 heterocycles. The van der Waals surface area contributed by atoms with Gasteiger partial charge in [0.15, 0.2) is 0 Å².